The summed E-state index contributed by atoms with van der Waals surface area (Å²) in [6, 6.07) is 6.66. The molecule has 0 atom stereocenters. The van der Waals surface area contributed by atoms with E-state index >= 15 is 0 Å². The third kappa shape index (κ3) is 2.72. The van der Waals surface area contributed by atoms with Crippen molar-refractivity contribution in [2.45, 2.75) is 6.92 Å². The van der Waals surface area contributed by atoms with Gasteiger partial charge in [0, 0.05) is 5.69 Å². The first-order valence-corrected chi connectivity index (χ1v) is 6.09. The third-order valence-electron chi connectivity index (χ3n) is 2.76. The molecule has 2 aromatic carbocycles. The highest BCUT2D eigenvalue weighted by atomic mass is 35.5. The summed E-state index contributed by atoms with van der Waals surface area (Å²) >= 11 is 5.86. The Labute approximate surface area is 119 Å². The van der Waals surface area contributed by atoms with Gasteiger partial charge in [0.05, 0.1) is 10.6 Å². The molecule has 0 aliphatic heterocycles. The van der Waals surface area contributed by atoms with Crippen molar-refractivity contribution >= 4 is 28.9 Å². The van der Waals surface area contributed by atoms with E-state index in [1.807, 2.05) is 0 Å². The first-order chi connectivity index (χ1) is 9.40. The molecule has 0 saturated carbocycles. The monoisotopic (exact) mass is 296 g/mol. The van der Waals surface area contributed by atoms with E-state index in [0.717, 1.165) is 6.07 Å². The summed E-state index contributed by atoms with van der Waals surface area (Å²) in [6.07, 6.45) is 0. The van der Waals surface area contributed by atoms with Crippen LogP contribution < -0.4 is 11.1 Å². The number of carbonyl (C=O) groups excluding carboxylic acids is 1. The largest absolute Gasteiger partial charge is 0.399 e. The Morgan fingerprint density at radius 1 is 1.25 bits per heavy atom. The lowest BCUT2D eigenvalue weighted by Crippen LogP contribution is -2.15. The van der Waals surface area contributed by atoms with Crippen LogP contribution in [0.15, 0.2) is 30.3 Å². The van der Waals surface area contributed by atoms with Gasteiger partial charge in [-0.3, -0.25) is 4.79 Å². The molecule has 0 fully saturated rings. The Hall–Kier alpha value is -2.14. The number of amides is 1. The number of carbonyl (C=O) groups is 1. The van der Waals surface area contributed by atoms with Gasteiger partial charge in [-0.05, 0) is 36.8 Å². The van der Waals surface area contributed by atoms with Crippen LogP contribution in [0.5, 0.6) is 0 Å². The molecule has 0 saturated heterocycles. The summed E-state index contributed by atoms with van der Waals surface area (Å²) in [5, 5.41) is 2.32. The second-order valence-corrected chi connectivity index (χ2v) is 4.65. The molecular weight excluding hydrogens is 286 g/mol. The summed E-state index contributed by atoms with van der Waals surface area (Å²) in [7, 11) is 0. The molecule has 20 heavy (non-hydrogen) atoms. The summed E-state index contributed by atoms with van der Waals surface area (Å²) in [5.74, 6) is -2.41. The number of benzene rings is 2. The van der Waals surface area contributed by atoms with Crippen molar-refractivity contribution in [2.24, 2.45) is 0 Å². The first kappa shape index (κ1) is 14.3. The van der Waals surface area contributed by atoms with E-state index in [0.29, 0.717) is 5.69 Å². The number of aryl methyl sites for hydroxylation is 1. The summed E-state index contributed by atoms with van der Waals surface area (Å²) in [4.78, 5) is 12.0. The van der Waals surface area contributed by atoms with Gasteiger partial charge in [0.25, 0.3) is 5.91 Å². The summed E-state index contributed by atoms with van der Waals surface area (Å²) < 4.78 is 27.4. The highest BCUT2D eigenvalue weighted by Gasteiger charge is 2.17. The lowest BCUT2D eigenvalue weighted by atomic mass is 10.1. The molecule has 0 aliphatic rings. The van der Waals surface area contributed by atoms with E-state index in [9.17, 15) is 13.6 Å². The van der Waals surface area contributed by atoms with Gasteiger partial charge in [-0.15, -0.1) is 0 Å². The zero-order valence-corrected chi connectivity index (χ0v) is 11.3. The summed E-state index contributed by atoms with van der Waals surface area (Å²) in [5.41, 5.74) is 5.64. The minimum atomic E-state index is -0.860. The second-order valence-electron chi connectivity index (χ2n) is 4.25. The van der Waals surface area contributed by atoms with Crippen LogP contribution in [0.3, 0.4) is 0 Å². The number of nitrogens with two attached hydrogens (primary N) is 1. The van der Waals surface area contributed by atoms with E-state index in [1.54, 1.807) is 0 Å². The molecule has 0 aromatic heterocycles. The average Bonchev–Trinajstić information content (AvgIpc) is 2.41. The van der Waals surface area contributed by atoms with Gasteiger partial charge in [0.15, 0.2) is 5.82 Å². The van der Waals surface area contributed by atoms with E-state index in [2.05, 4.69) is 5.32 Å². The molecule has 3 N–H and O–H groups in total. The van der Waals surface area contributed by atoms with E-state index in [-0.39, 0.29) is 16.1 Å². The van der Waals surface area contributed by atoms with E-state index < -0.39 is 23.2 Å². The molecule has 0 bridgehead atoms. The molecule has 0 heterocycles. The van der Waals surface area contributed by atoms with Crippen LogP contribution in [-0.2, 0) is 0 Å². The number of nitrogen functional groups attached to an aromatic ring is 1. The molecule has 0 spiro atoms. The van der Waals surface area contributed by atoms with Crippen molar-refractivity contribution in [2.75, 3.05) is 11.1 Å². The highest BCUT2D eigenvalue weighted by molar-refractivity contribution is 6.34. The van der Waals surface area contributed by atoms with Gasteiger partial charge in [-0.25, -0.2) is 8.78 Å². The maximum absolute atomic E-state index is 13.8. The Bertz CT molecular complexity index is 689. The standard InChI is InChI=1S/C14H11ClF2N2O/c1-7-2-5-11(16)13(12(7)17)19-14(20)9-6-8(18)3-4-10(9)15/h2-6H,18H2,1H3,(H,19,20). The van der Waals surface area contributed by atoms with Crippen LogP contribution in [0.4, 0.5) is 20.2 Å². The smallest absolute Gasteiger partial charge is 0.257 e. The van der Waals surface area contributed by atoms with Crippen LogP contribution in [0.2, 0.25) is 5.02 Å². The fourth-order valence-corrected chi connectivity index (χ4v) is 1.87. The molecule has 0 aliphatic carbocycles. The van der Waals surface area contributed by atoms with Gasteiger partial charge in [0.1, 0.15) is 11.5 Å². The lowest BCUT2D eigenvalue weighted by molar-refractivity contribution is 0.102. The number of halogens is 3. The molecule has 3 nitrogen and oxygen atoms in total. The van der Waals surface area contributed by atoms with Crippen LogP contribution in [0.25, 0.3) is 0 Å². The van der Waals surface area contributed by atoms with Gasteiger partial charge >= 0.3 is 0 Å². The second kappa shape index (κ2) is 5.46. The van der Waals surface area contributed by atoms with Gasteiger partial charge in [-0.2, -0.15) is 0 Å². The molecule has 6 heteroatoms. The van der Waals surface area contributed by atoms with Crippen molar-refractivity contribution in [3.63, 3.8) is 0 Å². The molecule has 2 aromatic rings. The number of rotatable bonds is 2. The fourth-order valence-electron chi connectivity index (χ4n) is 1.67. The minimum absolute atomic E-state index is 0.0481. The maximum atomic E-state index is 13.8. The quantitative estimate of drug-likeness (QED) is 0.829. The van der Waals surface area contributed by atoms with Crippen molar-refractivity contribution in [3.05, 3.63) is 58.1 Å². The van der Waals surface area contributed by atoms with Crippen LogP contribution >= 0.6 is 11.6 Å². The van der Waals surface area contributed by atoms with Crippen LogP contribution in [0, 0.1) is 18.6 Å². The van der Waals surface area contributed by atoms with Crippen molar-refractivity contribution in [1.29, 1.82) is 0 Å². The normalized spacial score (nSPS) is 10.4. The predicted molar refractivity (Wildman–Crippen MR) is 74.9 cm³/mol. The fraction of sp³-hybridized carbons (Fsp3) is 0.0714. The Balaban J connectivity index is 2.38. The minimum Gasteiger partial charge on any atom is -0.399 e. The van der Waals surface area contributed by atoms with Crippen molar-refractivity contribution in [3.8, 4) is 0 Å². The Kier molecular flexibility index (Phi) is 3.90. The zero-order valence-electron chi connectivity index (χ0n) is 10.5. The van der Waals surface area contributed by atoms with Gasteiger partial charge < -0.3 is 11.1 Å². The van der Waals surface area contributed by atoms with Crippen molar-refractivity contribution < 1.29 is 13.6 Å². The molecule has 0 unspecified atom stereocenters. The Morgan fingerprint density at radius 3 is 2.65 bits per heavy atom. The van der Waals surface area contributed by atoms with E-state index in [4.69, 9.17) is 17.3 Å². The molecule has 0 radical (unpaired) electrons. The van der Waals surface area contributed by atoms with Crippen molar-refractivity contribution in [1.82, 2.24) is 0 Å². The summed E-state index contributed by atoms with van der Waals surface area (Å²) in [6.45, 7) is 1.47. The number of hydrogen-bond acceptors (Lipinski definition) is 2. The molecule has 104 valence electrons. The van der Waals surface area contributed by atoms with Gasteiger partial charge in [-0.1, -0.05) is 17.7 Å². The Morgan fingerprint density at radius 2 is 1.95 bits per heavy atom. The van der Waals surface area contributed by atoms with Crippen LogP contribution in [0.1, 0.15) is 15.9 Å². The van der Waals surface area contributed by atoms with Gasteiger partial charge in [0.2, 0.25) is 0 Å². The van der Waals surface area contributed by atoms with Crippen LogP contribution in [-0.4, -0.2) is 5.91 Å². The molecule has 1 amide bonds. The first-order valence-electron chi connectivity index (χ1n) is 5.71. The topological polar surface area (TPSA) is 55.1 Å². The molecular formula is C14H11ClF2N2O. The third-order valence-corrected chi connectivity index (χ3v) is 3.09. The number of hydrogen-bond donors (Lipinski definition) is 2. The molecule has 2 rings (SSSR count). The number of anilines is 2. The maximum Gasteiger partial charge on any atom is 0.257 e. The average molecular weight is 297 g/mol. The zero-order chi connectivity index (χ0) is 14.9. The highest BCUT2D eigenvalue weighted by Crippen LogP contribution is 2.24. The lowest BCUT2D eigenvalue weighted by Gasteiger charge is -2.10. The van der Waals surface area contributed by atoms with E-state index in [1.165, 1.54) is 31.2 Å². The SMILES string of the molecule is Cc1ccc(F)c(NC(=O)c2cc(N)ccc2Cl)c1F. The predicted octanol–water partition coefficient (Wildman–Crippen LogP) is 3.76. The number of nitrogens with one attached hydrogen (secondary N) is 1.